The molecule has 0 aliphatic rings. The van der Waals surface area contributed by atoms with Gasteiger partial charge >= 0.3 is 0 Å². The number of ether oxygens (including phenoxy) is 1. The molecule has 0 saturated heterocycles. The summed E-state index contributed by atoms with van der Waals surface area (Å²) in [5.41, 5.74) is 0.720. The molecule has 1 atom stereocenters. The van der Waals surface area contributed by atoms with Gasteiger partial charge in [0.15, 0.2) is 16.8 Å². The molecule has 2 heterocycles. The Morgan fingerprint density at radius 2 is 2.04 bits per heavy atom. The highest BCUT2D eigenvalue weighted by atomic mass is 32.2. The van der Waals surface area contributed by atoms with Crippen molar-refractivity contribution >= 4 is 11.8 Å². The summed E-state index contributed by atoms with van der Waals surface area (Å²) >= 11 is 1.52. The molecule has 0 fully saturated rings. The summed E-state index contributed by atoms with van der Waals surface area (Å²) in [6.07, 6.45) is 1.82. The van der Waals surface area contributed by atoms with Crippen LogP contribution in [0.3, 0.4) is 0 Å². The van der Waals surface area contributed by atoms with Crippen LogP contribution in [0.2, 0.25) is 0 Å². The van der Waals surface area contributed by atoms with Crippen molar-refractivity contribution in [3.8, 4) is 17.1 Å². The van der Waals surface area contributed by atoms with Gasteiger partial charge in [-0.15, -0.1) is 16.8 Å². The van der Waals surface area contributed by atoms with E-state index in [-0.39, 0.29) is 10.7 Å². The van der Waals surface area contributed by atoms with Crippen molar-refractivity contribution in [1.29, 1.82) is 0 Å². The Balaban J connectivity index is 1.91. The topological polar surface area (TPSA) is 78.9 Å². The van der Waals surface area contributed by atoms with Crippen molar-refractivity contribution in [1.82, 2.24) is 24.9 Å². The largest absolute Gasteiger partial charge is 0.496 e. The van der Waals surface area contributed by atoms with Gasteiger partial charge in [-0.25, -0.2) is 0 Å². The van der Waals surface area contributed by atoms with E-state index in [9.17, 15) is 0 Å². The van der Waals surface area contributed by atoms with Gasteiger partial charge in [-0.05, 0) is 19.1 Å². The minimum absolute atomic E-state index is 0.0677. The third kappa shape index (κ3) is 4.11. The molecule has 1 aromatic carbocycles. The number of rotatable bonds is 7. The second-order valence-electron chi connectivity index (χ2n) is 7.37. The molecular weight excluding hydrogens is 374 g/mol. The lowest BCUT2D eigenvalue weighted by molar-refractivity contribution is 0.364. The van der Waals surface area contributed by atoms with Crippen LogP contribution in [0.5, 0.6) is 5.75 Å². The Kier molecular flexibility index (Phi) is 5.88. The molecular formula is C20H25N5O2S. The van der Waals surface area contributed by atoms with Crippen LogP contribution >= 0.6 is 11.8 Å². The summed E-state index contributed by atoms with van der Waals surface area (Å²) in [7, 11) is 1.65. The summed E-state index contributed by atoms with van der Waals surface area (Å²) in [5, 5.41) is 13.6. The highest BCUT2D eigenvalue weighted by Gasteiger charge is 2.25. The number of benzene rings is 1. The lowest BCUT2D eigenvalue weighted by atomic mass is 9.96. The molecule has 28 heavy (non-hydrogen) atoms. The number of para-hydroxylation sites is 1. The Hall–Kier alpha value is -2.61. The van der Waals surface area contributed by atoms with Crippen LogP contribution in [0, 0.1) is 0 Å². The lowest BCUT2D eigenvalue weighted by Crippen LogP contribution is -2.13. The number of hydrogen-bond acceptors (Lipinski definition) is 7. The summed E-state index contributed by atoms with van der Waals surface area (Å²) < 4.78 is 13.0. The van der Waals surface area contributed by atoms with E-state index in [0.717, 1.165) is 22.3 Å². The van der Waals surface area contributed by atoms with Crippen LogP contribution in [0.15, 0.2) is 46.6 Å². The molecule has 3 rings (SSSR count). The van der Waals surface area contributed by atoms with Crippen molar-refractivity contribution in [3.05, 3.63) is 48.6 Å². The molecule has 0 unspecified atom stereocenters. The molecule has 7 nitrogen and oxygen atoms in total. The number of nitrogens with zero attached hydrogens (tertiary/aromatic N) is 5. The van der Waals surface area contributed by atoms with Gasteiger partial charge in [-0.3, -0.25) is 4.57 Å². The van der Waals surface area contributed by atoms with E-state index >= 15 is 0 Å². The number of methoxy groups -OCH3 is 1. The molecule has 0 N–H and O–H groups in total. The van der Waals surface area contributed by atoms with Crippen LogP contribution in [0.25, 0.3) is 11.4 Å². The fourth-order valence-corrected chi connectivity index (χ4v) is 3.50. The van der Waals surface area contributed by atoms with Gasteiger partial charge in [-0.2, -0.15) is 4.98 Å². The average Bonchev–Trinajstić information content (AvgIpc) is 3.30. The molecule has 8 heteroatoms. The monoisotopic (exact) mass is 399 g/mol. The zero-order valence-corrected chi connectivity index (χ0v) is 17.7. The molecule has 0 saturated carbocycles. The number of allylic oxidation sites excluding steroid dienone is 1. The Morgan fingerprint density at radius 3 is 2.68 bits per heavy atom. The van der Waals surface area contributed by atoms with E-state index in [1.54, 1.807) is 7.11 Å². The average molecular weight is 400 g/mol. The molecule has 0 spiro atoms. The molecule has 0 aliphatic heterocycles. The van der Waals surface area contributed by atoms with Gasteiger partial charge < -0.3 is 9.26 Å². The maximum atomic E-state index is 5.48. The first-order valence-corrected chi connectivity index (χ1v) is 9.91. The van der Waals surface area contributed by atoms with Gasteiger partial charge in [0.1, 0.15) is 5.75 Å². The van der Waals surface area contributed by atoms with E-state index in [0.29, 0.717) is 18.3 Å². The summed E-state index contributed by atoms with van der Waals surface area (Å²) in [5.74, 6) is 2.74. The zero-order chi connectivity index (χ0) is 20.3. The first-order valence-electron chi connectivity index (χ1n) is 9.03. The third-order valence-electron chi connectivity index (χ3n) is 4.12. The highest BCUT2D eigenvalue weighted by molar-refractivity contribution is 7.99. The second-order valence-corrected chi connectivity index (χ2v) is 8.68. The Labute approximate surface area is 169 Å². The molecule has 3 aromatic rings. The molecule has 148 valence electrons. The summed E-state index contributed by atoms with van der Waals surface area (Å²) in [6, 6.07) is 7.75. The fourth-order valence-electron chi connectivity index (χ4n) is 2.61. The van der Waals surface area contributed by atoms with Crippen LogP contribution in [-0.2, 0) is 12.0 Å². The van der Waals surface area contributed by atoms with E-state index in [4.69, 9.17) is 9.26 Å². The van der Waals surface area contributed by atoms with Crippen LogP contribution in [-0.4, -0.2) is 32.0 Å². The van der Waals surface area contributed by atoms with Gasteiger partial charge in [0.2, 0.25) is 5.89 Å². The molecule has 0 amide bonds. The van der Waals surface area contributed by atoms with Gasteiger partial charge in [-0.1, -0.05) is 55.9 Å². The van der Waals surface area contributed by atoms with E-state index in [1.165, 1.54) is 11.8 Å². The number of hydrogen-bond donors (Lipinski definition) is 0. The summed E-state index contributed by atoms with van der Waals surface area (Å²) in [6.45, 7) is 12.6. The van der Waals surface area contributed by atoms with Crippen LogP contribution in [0.1, 0.15) is 44.7 Å². The Morgan fingerprint density at radius 1 is 1.29 bits per heavy atom. The van der Waals surface area contributed by atoms with Gasteiger partial charge in [0.05, 0.1) is 17.9 Å². The fraction of sp³-hybridized carbons (Fsp3) is 0.400. The minimum Gasteiger partial charge on any atom is -0.496 e. The van der Waals surface area contributed by atoms with Crippen molar-refractivity contribution in [2.24, 2.45) is 0 Å². The van der Waals surface area contributed by atoms with Gasteiger partial charge in [0, 0.05) is 12.0 Å². The smallest absolute Gasteiger partial charge is 0.239 e. The normalized spacial score (nSPS) is 12.8. The predicted octanol–water partition coefficient (Wildman–Crippen LogP) is 4.67. The van der Waals surface area contributed by atoms with E-state index in [2.05, 4.69) is 47.7 Å². The van der Waals surface area contributed by atoms with Gasteiger partial charge in [0.25, 0.3) is 0 Å². The third-order valence-corrected chi connectivity index (χ3v) is 5.19. The van der Waals surface area contributed by atoms with Crippen molar-refractivity contribution in [3.63, 3.8) is 0 Å². The van der Waals surface area contributed by atoms with Crippen molar-refractivity contribution < 1.29 is 9.26 Å². The zero-order valence-electron chi connectivity index (χ0n) is 16.8. The van der Waals surface area contributed by atoms with E-state index in [1.807, 2.05) is 41.8 Å². The molecule has 2 aromatic heterocycles. The highest BCUT2D eigenvalue weighted by Crippen LogP contribution is 2.37. The molecule has 0 radical (unpaired) electrons. The molecule has 0 aliphatic carbocycles. The number of aromatic nitrogens is 5. The summed E-state index contributed by atoms with van der Waals surface area (Å²) in [4.78, 5) is 4.55. The van der Waals surface area contributed by atoms with Crippen molar-refractivity contribution in [2.75, 3.05) is 7.11 Å². The van der Waals surface area contributed by atoms with Crippen LogP contribution in [0.4, 0.5) is 0 Å². The number of thioether (sulfide) groups is 1. The van der Waals surface area contributed by atoms with E-state index < -0.39 is 0 Å². The first kappa shape index (κ1) is 20.1. The maximum absolute atomic E-state index is 5.48. The Bertz CT molecular complexity index is 958. The standard InChI is InChI=1S/C20H25N5O2S/c1-7-12-25-16(14-10-8-9-11-15(14)26-6)22-23-19(25)28-13(2)17-21-18(24-27-17)20(3,4)5/h7-11,13H,1,12H2,2-6H3/t13-/m1/s1. The maximum Gasteiger partial charge on any atom is 0.239 e. The SMILES string of the molecule is C=CCn1c(S[C@H](C)c2nc(C(C)(C)C)no2)nnc1-c1ccccc1OC. The van der Waals surface area contributed by atoms with Crippen LogP contribution < -0.4 is 4.74 Å². The molecule has 0 bridgehead atoms. The van der Waals surface area contributed by atoms with Crippen molar-refractivity contribution in [2.45, 2.75) is 50.1 Å². The first-order chi connectivity index (χ1) is 13.3. The minimum atomic E-state index is -0.161. The lowest BCUT2D eigenvalue weighted by Gasteiger charge is -2.12. The quantitative estimate of drug-likeness (QED) is 0.422. The predicted molar refractivity (Wildman–Crippen MR) is 109 cm³/mol. The second kappa shape index (κ2) is 8.18.